The molecule has 1 rings (SSSR count). The number of thiazole rings is 1. The lowest BCUT2D eigenvalue weighted by Gasteiger charge is -2.13. The number of halogens is 1. The molecule has 0 aliphatic carbocycles. The van der Waals surface area contributed by atoms with Gasteiger partial charge in [-0.1, -0.05) is 29.9 Å². The van der Waals surface area contributed by atoms with Crippen LogP contribution in [0.3, 0.4) is 0 Å². The molecule has 0 N–H and O–H groups in total. The molecule has 0 saturated heterocycles. The van der Waals surface area contributed by atoms with Gasteiger partial charge < -0.3 is 0 Å². The Labute approximate surface area is 92.6 Å². The van der Waals surface area contributed by atoms with Crippen molar-refractivity contribution in [2.24, 2.45) is 0 Å². The first-order valence-electron chi connectivity index (χ1n) is 3.99. The van der Waals surface area contributed by atoms with E-state index in [0.29, 0.717) is 12.2 Å². The van der Waals surface area contributed by atoms with Crippen LogP contribution < -0.4 is 0 Å². The minimum atomic E-state index is -3.39. The molecule has 0 aromatic carbocycles. The third-order valence-electron chi connectivity index (χ3n) is 1.82. The minimum absolute atomic E-state index is 0.229. The quantitative estimate of drug-likeness (QED) is 0.826. The number of hydrogen-bond acceptors (Lipinski definition) is 4. The normalized spacial score (nSPS) is 12.4. The summed E-state index contributed by atoms with van der Waals surface area (Å²) in [4.78, 5) is 3.87. The summed E-state index contributed by atoms with van der Waals surface area (Å²) in [6.07, 6.45) is 0. The highest BCUT2D eigenvalue weighted by molar-refractivity contribution is 7.91. The fraction of sp³-hybridized carbons (Fsp3) is 0.571. The number of hydrogen-bond donors (Lipinski definition) is 0. The Kier molecular flexibility index (Phi) is 3.52. The van der Waals surface area contributed by atoms with E-state index in [4.69, 9.17) is 11.6 Å². The van der Waals surface area contributed by atoms with Crippen molar-refractivity contribution in [1.82, 2.24) is 9.29 Å². The zero-order chi connectivity index (χ0) is 10.9. The van der Waals surface area contributed by atoms with Crippen LogP contribution in [0, 0.1) is 6.92 Å². The van der Waals surface area contributed by atoms with Crippen LogP contribution in [0.4, 0.5) is 0 Å². The fourth-order valence-corrected chi connectivity index (χ4v) is 4.01. The zero-order valence-corrected chi connectivity index (χ0v) is 10.5. The third kappa shape index (κ3) is 2.08. The highest BCUT2D eigenvalue weighted by Crippen LogP contribution is 2.28. The van der Waals surface area contributed by atoms with E-state index in [1.54, 1.807) is 13.8 Å². The van der Waals surface area contributed by atoms with Gasteiger partial charge in [-0.25, -0.2) is 17.7 Å². The molecule has 0 amide bonds. The van der Waals surface area contributed by atoms with Crippen molar-refractivity contribution in [3.63, 3.8) is 0 Å². The van der Waals surface area contributed by atoms with Crippen LogP contribution in [0.2, 0.25) is 4.47 Å². The van der Waals surface area contributed by atoms with Crippen LogP contribution in [-0.4, -0.2) is 31.3 Å². The lowest BCUT2D eigenvalue weighted by Crippen LogP contribution is -2.26. The molecule has 14 heavy (non-hydrogen) atoms. The van der Waals surface area contributed by atoms with Gasteiger partial charge in [-0.2, -0.15) is 0 Å². The molecule has 1 aromatic heterocycles. The Morgan fingerprint density at radius 2 is 2.14 bits per heavy atom. The van der Waals surface area contributed by atoms with E-state index < -0.39 is 10.0 Å². The summed E-state index contributed by atoms with van der Waals surface area (Å²) < 4.78 is 25.4. The fourth-order valence-electron chi connectivity index (χ4n) is 0.901. The summed E-state index contributed by atoms with van der Waals surface area (Å²) in [6.45, 7) is 3.84. The van der Waals surface area contributed by atoms with E-state index in [0.717, 1.165) is 11.3 Å². The molecule has 1 aromatic rings. The molecule has 0 bridgehead atoms. The van der Waals surface area contributed by atoms with E-state index in [9.17, 15) is 8.42 Å². The van der Waals surface area contributed by atoms with Gasteiger partial charge >= 0.3 is 0 Å². The molecule has 0 unspecified atom stereocenters. The highest BCUT2D eigenvalue weighted by Gasteiger charge is 2.24. The summed E-state index contributed by atoms with van der Waals surface area (Å²) in [5.41, 5.74) is 0.459. The molecule has 0 spiro atoms. The topological polar surface area (TPSA) is 50.3 Å². The van der Waals surface area contributed by atoms with Crippen molar-refractivity contribution in [2.75, 3.05) is 13.6 Å². The van der Waals surface area contributed by atoms with Crippen LogP contribution >= 0.6 is 22.9 Å². The molecule has 0 saturated carbocycles. The van der Waals surface area contributed by atoms with Gasteiger partial charge in [-0.3, -0.25) is 0 Å². The SMILES string of the molecule is CCN(C)S(=O)(=O)c1sc(Cl)nc1C. The maximum atomic E-state index is 11.8. The van der Waals surface area contributed by atoms with Gasteiger partial charge in [0.05, 0.1) is 5.69 Å². The van der Waals surface area contributed by atoms with Gasteiger partial charge in [-0.15, -0.1) is 0 Å². The predicted molar refractivity (Wildman–Crippen MR) is 57.4 cm³/mol. The summed E-state index contributed by atoms with van der Waals surface area (Å²) in [5, 5.41) is 0. The van der Waals surface area contributed by atoms with Gasteiger partial charge in [0.2, 0.25) is 0 Å². The Morgan fingerprint density at radius 1 is 1.57 bits per heavy atom. The summed E-state index contributed by atoms with van der Waals surface area (Å²) in [7, 11) is -1.86. The Bertz CT molecular complexity index is 427. The molecule has 7 heteroatoms. The van der Waals surface area contributed by atoms with Crippen molar-refractivity contribution in [3.05, 3.63) is 10.2 Å². The average molecular weight is 255 g/mol. The number of sulfonamides is 1. The van der Waals surface area contributed by atoms with Crippen molar-refractivity contribution < 1.29 is 8.42 Å². The van der Waals surface area contributed by atoms with Crippen LogP contribution in [0.1, 0.15) is 12.6 Å². The van der Waals surface area contributed by atoms with Crippen molar-refractivity contribution in [1.29, 1.82) is 0 Å². The summed E-state index contributed by atoms with van der Waals surface area (Å²) >= 11 is 6.63. The molecule has 4 nitrogen and oxygen atoms in total. The van der Waals surface area contributed by atoms with Crippen LogP contribution in [0.15, 0.2) is 4.21 Å². The molecular formula is C7H11ClN2O2S2. The van der Waals surface area contributed by atoms with Crippen molar-refractivity contribution in [3.8, 4) is 0 Å². The van der Waals surface area contributed by atoms with Crippen LogP contribution in [-0.2, 0) is 10.0 Å². The molecular weight excluding hydrogens is 244 g/mol. The van der Waals surface area contributed by atoms with Gasteiger partial charge in [0.15, 0.2) is 8.68 Å². The van der Waals surface area contributed by atoms with Crippen molar-refractivity contribution in [2.45, 2.75) is 18.1 Å². The zero-order valence-electron chi connectivity index (χ0n) is 8.11. The lowest BCUT2D eigenvalue weighted by molar-refractivity contribution is 0.487. The maximum Gasteiger partial charge on any atom is 0.254 e. The van der Waals surface area contributed by atoms with Gasteiger partial charge in [0, 0.05) is 13.6 Å². The number of aryl methyl sites for hydroxylation is 1. The minimum Gasteiger partial charge on any atom is -0.229 e. The van der Waals surface area contributed by atoms with Crippen LogP contribution in [0.5, 0.6) is 0 Å². The summed E-state index contributed by atoms with van der Waals surface area (Å²) in [6, 6.07) is 0. The smallest absolute Gasteiger partial charge is 0.229 e. The largest absolute Gasteiger partial charge is 0.254 e. The Morgan fingerprint density at radius 3 is 2.50 bits per heavy atom. The Hall–Kier alpha value is -0.170. The Balaban J connectivity index is 3.23. The van der Waals surface area contributed by atoms with E-state index in [2.05, 4.69) is 4.98 Å². The molecule has 0 fully saturated rings. The monoisotopic (exact) mass is 254 g/mol. The van der Waals surface area contributed by atoms with E-state index in [1.165, 1.54) is 11.4 Å². The highest BCUT2D eigenvalue weighted by atomic mass is 35.5. The van der Waals surface area contributed by atoms with Gasteiger partial charge in [0.25, 0.3) is 10.0 Å². The van der Waals surface area contributed by atoms with E-state index >= 15 is 0 Å². The number of aromatic nitrogens is 1. The second-order valence-electron chi connectivity index (χ2n) is 2.76. The lowest BCUT2D eigenvalue weighted by atomic mass is 10.6. The van der Waals surface area contributed by atoms with E-state index in [1.807, 2.05) is 0 Å². The average Bonchev–Trinajstić information content (AvgIpc) is 2.44. The van der Waals surface area contributed by atoms with Crippen molar-refractivity contribution >= 4 is 33.0 Å². The second-order valence-corrected chi connectivity index (χ2v) is 6.58. The molecule has 0 atom stereocenters. The van der Waals surface area contributed by atoms with E-state index in [-0.39, 0.29) is 8.68 Å². The summed E-state index contributed by atoms with van der Waals surface area (Å²) in [5.74, 6) is 0. The van der Waals surface area contributed by atoms with Gasteiger partial charge in [-0.05, 0) is 6.92 Å². The second kappa shape index (κ2) is 4.14. The first kappa shape index (κ1) is 11.9. The molecule has 0 aliphatic heterocycles. The van der Waals surface area contributed by atoms with Gasteiger partial charge in [0.1, 0.15) is 0 Å². The predicted octanol–water partition coefficient (Wildman–Crippen LogP) is 1.75. The number of nitrogens with zero attached hydrogens (tertiary/aromatic N) is 2. The molecule has 1 heterocycles. The number of rotatable bonds is 3. The van der Waals surface area contributed by atoms with Crippen LogP contribution in [0.25, 0.3) is 0 Å². The molecule has 0 aliphatic rings. The molecule has 80 valence electrons. The first-order chi connectivity index (χ1) is 6.39. The standard InChI is InChI=1S/C7H11ClN2O2S2/c1-4-10(3)14(11,12)6-5(2)9-7(8)13-6/h4H2,1-3H3. The molecule has 0 radical (unpaired) electrons. The third-order valence-corrected chi connectivity index (χ3v) is 5.60. The first-order valence-corrected chi connectivity index (χ1v) is 6.62. The maximum absolute atomic E-state index is 11.8.